The molecule has 5 nitrogen and oxygen atoms in total. The Labute approximate surface area is 110 Å². The molecule has 0 radical (unpaired) electrons. The molecule has 3 rings (SSSR count). The summed E-state index contributed by atoms with van der Waals surface area (Å²) in [7, 11) is 1.83. The van der Waals surface area contributed by atoms with Crippen molar-refractivity contribution in [1.82, 2.24) is 14.4 Å². The minimum absolute atomic E-state index is 0.476. The van der Waals surface area contributed by atoms with E-state index in [0.29, 0.717) is 12.5 Å². The molecule has 0 unspecified atom stereocenters. The summed E-state index contributed by atoms with van der Waals surface area (Å²) in [5.74, 6) is 1.27. The zero-order chi connectivity index (χ0) is 13.1. The van der Waals surface area contributed by atoms with E-state index in [0.717, 1.165) is 17.0 Å². The summed E-state index contributed by atoms with van der Waals surface area (Å²) >= 11 is 0. The van der Waals surface area contributed by atoms with Crippen LogP contribution >= 0.6 is 0 Å². The molecule has 1 N–H and O–H groups in total. The predicted molar refractivity (Wildman–Crippen MR) is 73.3 cm³/mol. The van der Waals surface area contributed by atoms with Crippen molar-refractivity contribution in [2.75, 3.05) is 12.4 Å². The third kappa shape index (κ3) is 2.35. The second kappa shape index (κ2) is 4.97. The van der Waals surface area contributed by atoms with Crippen molar-refractivity contribution in [3.63, 3.8) is 0 Å². The molecule has 96 valence electrons. The van der Waals surface area contributed by atoms with Crippen LogP contribution in [-0.4, -0.2) is 21.4 Å². The fourth-order valence-electron chi connectivity index (χ4n) is 1.85. The van der Waals surface area contributed by atoms with Gasteiger partial charge in [-0.1, -0.05) is 30.3 Å². The normalized spacial score (nSPS) is 10.6. The Morgan fingerprint density at radius 2 is 2.11 bits per heavy atom. The maximum absolute atomic E-state index is 5.77. The molecule has 0 saturated heterocycles. The highest BCUT2D eigenvalue weighted by atomic mass is 16.5. The lowest BCUT2D eigenvalue weighted by Gasteiger charge is -2.08. The number of anilines is 1. The largest absolute Gasteiger partial charge is 0.470 e. The zero-order valence-corrected chi connectivity index (χ0v) is 10.6. The van der Waals surface area contributed by atoms with E-state index in [1.165, 1.54) is 0 Å². The molecule has 0 aliphatic rings. The van der Waals surface area contributed by atoms with Crippen molar-refractivity contribution in [1.29, 1.82) is 0 Å². The number of nitrogens with one attached hydrogen (secondary N) is 1. The lowest BCUT2D eigenvalue weighted by atomic mass is 10.2. The fourth-order valence-corrected chi connectivity index (χ4v) is 1.85. The second-order valence-electron chi connectivity index (χ2n) is 4.11. The molecule has 3 aromatic rings. The lowest BCUT2D eigenvalue weighted by Crippen LogP contribution is -2.03. The van der Waals surface area contributed by atoms with Gasteiger partial charge in [-0.25, -0.2) is 4.98 Å². The van der Waals surface area contributed by atoms with Crippen molar-refractivity contribution >= 4 is 11.5 Å². The summed E-state index contributed by atoms with van der Waals surface area (Å²) in [5, 5.41) is 3.01. The Kier molecular flexibility index (Phi) is 3.02. The predicted octanol–water partition coefficient (Wildman–Crippen LogP) is 2.35. The van der Waals surface area contributed by atoms with Crippen LogP contribution in [0.5, 0.6) is 5.88 Å². The summed E-state index contributed by atoms with van der Waals surface area (Å²) < 4.78 is 7.66. The molecule has 0 spiro atoms. The smallest absolute Gasteiger partial charge is 0.260 e. The number of hydrogen-bond acceptors (Lipinski definition) is 4. The van der Waals surface area contributed by atoms with Gasteiger partial charge in [0.05, 0.1) is 6.20 Å². The number of benzene rings is 1. The maximum Gasteiger partial charge on any atom is 0.260 e. The maximum atomic E-state index is 5.77. The van der Waals surface area contributed by atoms with Gasteiger partial charge in [0.15, 0.2) is 0 Å². The standard InChI is InChI=1S/C14H14N4O/c1-15-12-9-18-8-7-16-13(18)14(17-12)19-10-11-5-3-2-4-6-11/h2-9,15H,10H2,1H3. The first-order chi connectivity index (χ1) is 9.36. The topological polar surface area (TPSA) is 51.5 Å². The van der Waals surface area contributed by atoms with Gasteiger partial charge >= 0.3 is 0 Å². The second-order valence-corrected chi connectivity index (χ2v) is 4.11. The van der Waals surface area contributed by atoms with Crippen molar-refractivity contribution < 1.29 is 4.74 Å². The highest BCUT2D eigenvalue weighted by Crippen LogP contribution is 2.19. The highest BCUT2D eigenvalue weighted by Gasteiger charge is 2.08. The van der Waals surface area contributed by atoms with Crippen LogP contribution in [0.15, 0.2) is 48.9 Å². The molecule has 0 atom stereocenters. The summed E-state index contributed by atoms with van der Waals surface area (Å²) in [6.07, 6.45) is 5.47. The molecule has 19 heavy (non-hydrogen) atoms. The number of hydrogen-bond donors (Lipinski definition) is 1. The molecular formula is C14H14N4O. The number of fused-ring (bicyclic) bond motifs is 1. The van der Waals surface area contributed by atoms with Crippen LogP contribution in [0.4, 0.5) is 5.82 Å². The molecule has 5 heteroatoms. The number of aromatic nitrogens is 3. The van der Waals surface area contributed by atoms with Crippen LogP contribution in [0, 0.1) is 0 Å². The molecule has 1 aromatic carbocycles. The van der Waals surface area contributed by atoms with E-state index in [2.05, 4.69) is 15.3 Å². The van der Waals surface area contributed by atoms with Gasteiger partial charge in [-0.3, -0.25) is 4.40 Å². The van der Waals surface area contributed by atoms with Crippen molar-refractivity contribution in [2.45, 2.75) is 6.61 Å². The minimum Gasteiger partial charge on any atom is -0.470 e. The summed E-state index contributed by atoms with van der Waals surface area (Å²) in [6, 6.07) is 9.99. The molecule has 0 aliphatic carbocycles. The van der Waals surface area contributed by atoms with Crippen molar-refractivity contribution in [3.05, 3.63) is 54.5 Å². The van der Waals surface area contributed by atoms with Crippen LogP contribution in [0.25, 0.3) is 5.65 Å². The number of nitrogens with zero attached hydrogens (tertiary/aromatic N) is 3. The lowest BCUT2D eigenvalue weighted by molar-refractivity contribution is 0.296. The Morgan fingerprint density at radius 3 is 2.89 bits per heavy atom. The van der Waals surface area contributed by atoms with Gasteiger partial charge in [-0.2, -0.15) is 4.98 Å². The Bertz CT molecular complexity index is 678. The van der Waals surface area contributed by atoms with E-state index < -0.39 is 0 Å². The summed E-state index contributed by atoms with van der Waals surface area (Å²) in [5.41, 5.74) is 1.82. The van der Waals surface area contributed by atoms with E-state index in [1.807, 2.05) is 54.2 Å². The summed E-state index contributed by atoms with van der Waals surface area (Å²) in [4.78, 5) is 8.64. The van der Waals surface area contributed by atoms with Crippen molar-refractivity contribution in [3.8, 4) is 5.88 Å². The minimum atomic E-state index is 0.476. The van der Waals surface area contributed by atoms with Crippen LogP contribution in [-0.2, 0) is 6.61 Å². The monoisotopic (exact) mass is 254 g/mol. The third-order valence-electron chi connectivity index (χ3n) is 2.82. The number of rotatable bonds is 4. The van der Waals surface area contributed by atoms with Gasteiger partial charge in [-0.05, 0) is 5.56 Å². The van der Waals surface area contributed by atoms with Crippen LogP contribution < -0.4 is 10.1 Å². The van der Waals surface area contributed by atoms with Gasteiger partial charge in [-0.15, -0.1) is 0 Å². The average molecular weight is 254 g/mol. The third-order valence-corrected chi connectivity index (χ3v) is 2.82. The SMILES string of the molecule is CNc1cn2ccnc2c(OCc2ccccc2)n1. The van der Waals surface area contributed by atoms with E-state index in [4.69, 9.17) is 4.74 Å². The van der Waals surface area contributed by atoms with Gasteiger partial charge in [0, 0.05) is 19.4 Å². The van der Waals surface area contributed by atoms with Gasteiger partial charge < -0.3 is 10.1 Å². The molecule has 0 amide bonds. The number of ether oxygens (including phenoxy) is 1. The first kappa shape index (κ1) is 11.5. The van der Waals surface area contributed by atoms with E-state index in [-0.39, 0.29) is 0 Å². The average Bonchev–Trinajstić information content (AvgIpc) is 2.94. The Balaban J connectivity index is 1.89. The highest BCUT2D eigenvalue weighted by molar-refractivity contribution is 5.53. The first-order valence-corrected chi connectivity index (χ1v) is 6.05. The van der Waals surface area contributed by atoms with Crippen LogP contribution in [0.1, 0.15) is 5.56 Å². The van der Waals surface area contributed by atoms with Crippen molar-refractivity contribution in [2.24, 2.45) is 0 Å². The Hall–Kier alpha value is -2.56. The molecule has 2 heterocycles. The van der Waals surface area contributed by atoms with Gasteiger partial charge in [0.1, 0.15) is 12.4 Å². The molecule has 0 fully saturated rings. The zero-order valence-electron chi connectivity index (χ0n) is 10.6. The van der Waals surface area contributed by atoms with E-state index >= 15 is 0 Å². The fraction of sp³-hybridized carbons (Fsp3) is 0.143. The molecular weight excluding hydrogens is 240 g/mol. The van der Waals surface area contributed by atoms with Crippen LogP contribution in [0.3, 0.4) is 0 Å². The molecule has 0 bridgehead atoms. The van der Waals surface area contributed by atoms with Gasteiger partial charge in [0.25, 0.3) is 5.88 Å². The molecule has 0 saturated carbocycles. The Morgan fingerprint density at radius 1 is 1.26 bits per heavy atom. The van der Waals surface area contributed by atoms with E-state index in [1.54, 1.807) is 6.20 Å². The van der Waals surface area contributed by atoms with Crippen LogP contribution in [0.2, 0.25) is 0 Å². The molecule has 2 aromatic heterocycles. The van der Waals surface area contributed by atoms with Gasteiger partial charge in [0.2, 0.25) is 5.65 Å². The molecule has 0 aliphatic heterocycles. The van der Waals surface area contributed by atoms with E-state index in [9.17, 15) is 0 Å². The number of imidazole rings is 1. The first-order valence-electron chi connectivity index (χ1n) is 6.05. The summed E-state index contributed by atoms with van der Waals surface area (Å²) in [6.45, 7) is 0.476. The quantitative estimate of drug-likeness (QED) is 0.776.